The van der Waals surface area contributed by atoms with Crippen molar-refractivity contribution < 1.29 is 0 Å². The third kappa shape index (κ3) is 2.71. The maximum Gasteiger partial charge on any atom is 0.0840 e. The van der Waals surface area contributed by atoms with Crippen molar-refractivity contribution in [1.29, 1.82) is 0 Å². The van der Waals surface area contributed by atoms with Crippen molar-refractivity contribution in [3.05, 3.63) is 36.0 Å². The zero-order valence-corrected chi connectivity index (χ0v) is 11.0. The minimum atomic E-state index is 0.0802. The molecule has 1 nitrogen and oxygen atoms in total. The molecule has 1 aromatic carbocycles. The summed E-state index contributed by atoms with van der Waals surface area (Å²) in [4.78, 5) is 0. The maximum absolute atomic E-state index is 3.28. The van der Waals surface area contributed by atoms with E-state index in [1.807, 2.05) is 0 Å². The van der Waals surface area contributed by atoms with Gasteiger partial charge in [-0.05, 0) is 45.2 Å². The summed E-state index contributed by atoms with van der Waals surface area (Å²) in [7, 11) is 0. The summed E-state index contributed by atoms with van der Waals surface area (Å²) in [6.45, 7) is 9.33. The Labute approximate surface area is 103 Å². The third-order valence-electron chi connectivity index (χ3n) is 2.72. The van der Waals surface area contributed by atoms with Crippen LogP contribution in [-0.4, -0.2) is 4.57 Å². The highest BCUT2D eigenvalue weighted by molar-refractivity contribution is 5.81. The molecule has 0 aliphatic rings. The van der Waals surface area contributed by atoms with E-state index in [4.69, 9.17) is 0 Å². The van der Waals surface area contributed by atoms with Crippen LogP contribution in [0.4, 0.5) is 0 Å². The van der Waals surface area contributed by atoms with Crippen LogP contribution in [0.3, 0.4) is 0 Å². The summed E-state index contributed by atoms with van der Waals surface area (Å²) in [5, 5.41) is 1.29. The van der Waals surface area contributed by atoms with Crippen molar-refractivity contribution >= 4 is 10.9 Å². The van der Waals surface area contributed by atoms with Crippen LogP contribution in [0.5, 0.6) is 0 Å². The molecule has 0 spiro atoms. The Balaban J connectivity index is 2.35. The lowest BCUT2D eigenvalue weighted by atomic mass is 9.98. The normalized spacial score (nSPS) is 11.3. The van der Waals surface area contributed by atoms with Gasteiger partial charge in [-0.3, -0.25) is 0 Å². The van der Waals surface area contributed by atoms with Crippen LogP contribution in [0.15, 0.2) is 30.3 Å². The Morgan fingerprint density at radius 1 is 1.18 bits per heavy atom. The number of para-hydroxylation sites is 1. The zero-order valence-electron chi connectivity index (χ0n) is 11.0. The lowest BCUT2D eigenvalue weighted by Gasteiger charge is -2.08. The van der Waals surface area contributed by atoms with E-state index in [1.165, 1.54) is 16.6 Å². The van der Waals surface area contributed by atoms with Crippen molar-refractivity contribution in [2.75, 3.05) is 0 Å². The van der Waals surface area contributed by atoms with Crippen LogP contribution in [0, 0.1) is 24.2 Å². The summed E-state index contributed by atoms with van der Waals surface area (Å²) >= 11 is 0. The summed E-state index contributed by atoms with van der Waals surface area (Å²) in [6, 6.07) is 10.7. The number of hydrogen-bond donors (Lipinski definition) is 0. The fourth-order valence-corrected chi connectivity index (χ4v) is 1.94. The molecule has 0 saturated carbocycles. The van der Waals surface area contributed by atoms with E-state index < -0.39 is 0 Å². The van der Waals surface area contributed by atoms with Crippen molar-refractivity contribution in [1.82, 2.24) is 4.57 Å². The highest BCUT2D eigenvalue weighted by Crippen LogP contribution is 2.18. The highest BCUT2D eigenvalue weighted by Gasteiger charge is 2.05. The molecule has 1 heteroatoms. The Bertz CT molecular complexity index is 585. The molecule has 17 heavy (non-hydrogen) atoms. The first-order chi connectivity index (χ1) is 7.97. The molecule has 0 atom stereocenters. The lowest BCUT2D eigenvalue weighted by Crippen LogP contribution is -2.02. The van der Waals surface area contributed by atoms with Gasteiger partial charge in [0.25, 0.3) is 0 Å². The number of nitrogens with zero attached hydrogens (tertiary/aromatic N) is 1. The standard InChI is InChI=1S/C16H19N/c1-13-12-14-8-5-6-9-15(14)17(13)11-7-10-16(2,3)4/h5-6,8-9,12H,11H2,1-4H3. The molecule has 0 amide bonds. The first kappa shape index (κ1) is 11.8. The highest BCUT2D eigenvalue weighted by atomic mass is 15.0. The SMILES string of the molecule is Cc1cc2ccccc2n1CC#CC(C)(C)C. The monoisotopic (exact) mass is 225 g/mol. The smallest absolute Gasteiger partial charge is 0.0840 e. The van der Waals surface area contributed by atoms with Crippen molar-refractivity contribution in [2.45, 2.75) is 34.2 Å². The van der Waals surface area contributed by atoms with Gasteiger partial charge in [-0.25, -0.2) is 0 Å². The van der Waals surface area contributed by atoms with Gasteiger partial charge in [0.1, 0.15) is 0 Å². The number of fused-ring (bicyclic) bond motifs is 1. The Morgan fingerprint density at radius 3 is 2.59 bits per heavy atom. The minimum Gasteiger partial charge on any atom is -0.333 e. The molecular formula is C16H19N. The van der Waals surface area contributed by atoms with E-state index in [1.54, 1.807) is 0 Å². The summed E-state index contributed by atoms with van der Waals surface area (Å²) in [5.41, 5.74) is 2.62. The van der Waals surface area contributed by atoms with Crippen molar-refractivity contribution in [3.63, 3.8) is 0 Å². The van der Waals surface area contributed by atoms with E-state index in [0.717, 1.165) is 6.54 Å². The number of aromatic nitrogens is 1. The van der Waals surface area contributed by atoms with E-state index in [0.29, 0.717) is 0 Å². The van der Waals surface area contributed by atoms with Gasteiger partial charge in [0.2, 0.25) is 0 Å². The van der Waals surface area contributed by atoms with Crippen molar-refractivity contribution in [2.24, 2.45) is 5.41 Å². The van der Waals surface area contributed by atoms with Gasteiger partial charge >= 0.3 is 0 Å². The summed E-state index contributed by atoms with van der Waals surface area (Å²) in [5.74, 6) is 6.55. The molecule has 2 aromatic rings. The molecule has 0 unspecified atom stereocenters. The van der Waals surface area contributed by atoms with Crippen LogP contribution in [0.25, 0.3) is 10.9 Å². The Hall–Kier alpha value is -1.68. The van der Waals surface area contributed by atoms with Gasteiger partial charge < -0.3 is 4.57 Å². The molecule has 0 radical (unpaired) electrons. The molecule has 1 aromatic heterocycles. The second-order valence-electron chi connectivity index (χ2n) is 5.48. The van der Waals surface area contributed by atoms with Crippen molar-refractivity contribution in [3.8, 4) is 11.8 Å². The molecule has 1 heterocycles. The molecule has 0 aliphatic carbocycles. The first-order valence-electron chi connectivity index (χ1n) is 6.02. The second-order valence-corrected chi connectivity index (χ2v) is 5.48. The minimum absolute atomic E-state index is 0.0802. The van der Waals surface area contributed by atoms with Crippen LogP contribution in [0.1, 0.15) is 26.5 Å². The Morgan fingerprint density at radius 2 is 1.88 bits per heavy atom. The van der Waals surface area contributed by atoms with Gasteiger partial charge in [0.15, 0.2) is 0 Å². The number of benzene rings is 1. The molecular weight excluding hydrogens is 206 g/mol. The zero-order chi connectivity index (χ0) is 12.5. The second kappa shape index (κ2) is 4.30. The average molecular weight is 225 g/mol. The number of rotatable bonds is 1. The molecule has 0 N–H and O–H groups in total. The predicted octanol–water partition coefficient (Wildman–Crippen LogP) is 4.00. The number of hydrogen-bond acceptors (Lipinski definition) is 0. The molecule has 0 bridgehead atoms. The molecule has 0 fully saturated rings. The number of aryl methyl sites for hydroxylation is 1. The first-order valence-corrected chi connectivity index (χ1v) is 6.02. The predicted molar refractivity (Wildman–Crippen MR) is 73.9 cm³/mol. The topological polar surface area (TPSA) is 4.93 Å². The van der Waals surface area contributed by atoms with Gasteiger partial charge in [-0.2, -0.15) is 0 Å². The van der Waals surface area contributed by atoms with Crippen LogP contribution < -0.4 is 0 Å². The van der Waals surface area contributed by atoms with Crippen LogP contribution >= 0.6 is 0 Å². The maximum atomic E-state index is 3.28. The van der Waals surface area contributed by atoms with Gasteiger partial charge in [0.05, 0.1) is 6.54 Å². The van der Waals surface area contributed by atoms with Crippen LogP contribution in [0.2, 0.25) is 0 Å². The van der Waals surface area contributed by atoms with E-state index in [-0.39, 0.29) is 5.41 Å². The van der Waals surface area contributed by atoms with Gasteiger partial charge in [-0.15, -0.1) is 0 Å². The molecule has 0 saturated heterocycles. The van der Waals surface area contributed by atoms with E-state index >= 15 is 0 Å². The largest absolute Gasteiger partial charge is 0.333 e. The average Bonchev–Trinajstić information content (AvgIpc) is 2.54. The quantitative estimate of drug-likeness (QED) is 0.646. The molecule has 0 aliphatic heterocycles. The summed E-state index contributed by atoms with van der Waals surface area (Å²) in [6.07, 6.45) is 0. The fraction of sp³-hybridized carbons (Fsp3) is 0.375. The Kier molecular flexibility index (Phi) is 2.98. The lowest BCUT2D eigenvalue weighted by molar-refractivity contribution is 0.569. The van der Waals surface area contributed by atoms with Gasteiger partial charge in [0, 0.05) is 16.6 Å². The van der Waals surface area contributed by atoms with E-state index in [2.05, 4.69) is 74.4 Å². The summed E-state index contributed by atoms with van der Waals surface area (Å²) < 4.78 is 2.27. The van der Waals surface area contributed by atoms with Gasteiger partial charge in [-0.1, -0.05) is 30.0 Å². The van der Waals surface area contributed by atoms with Crippen LogP contribution in [-0.2, 0) is 6.54 Å². The van der Waals surface area contributed by atoms with E-state index in [9.17, 15) is 0 Å². The molecule has 88 valence electrons. The molecule has 2 rings (SSSR count). The fourth-order valence-electron chi connectivity index (χ4n) is 1.94. The third-order valence-corrected chi connectivity index (χ3v) is 2.72.